The Morgan fingerprint density at radius 2 is 1.50 bits per heavy atom. The SMILES string of the molecule is Fc1cc(F)c2c(c1)Nc1ccccc1N2. The Kier molecular flexibility index (Phi) is 1.83. The lowest BCUT2D eigenvalue weighted by Gasteiger charge is -2.23. The zero-order chi connectivity index (χ0) is 11.1. The third-order valence-electron chi connectivity index (χ3n) is 2.51. The zero-order valence-corrected chi connectivity index (χ0v) is 8.22. The van der Waals surface area contributed by atoms with Crippen LogP contribution in [0.25, 0.3) is 0 Å². The van der Waals surface area contributed by atoms with E-state index < -0.39 is 11.6 Å². The molecule has 1 aliphatic rings. The standard InChI is InChI=1S/C12H8F2N2/c13-7-5-8(14)12-11(6-7)15-9-3-1-2-4-10(9)16-12/h1-6,15-16H. The highest BCUT2D eigenvalue weighted by Gasteiger charge is 2.18. The molecule has 0 amide bonds. The van der Waals surface area contributed by atoms with Gasteiger partial charge in [-0.15, -0.1) is 0 Å². The topological polar surface area (TPSA) is 24.1 Å². The van der Waals surface area contributed by atoms with E-state index in [4.69, 9.17) is 0 Å². The maximum Gasteiger partial charge on any atom is 0.151 e. The van der Waals surface area contributed by atoms with Gasteiger partial charge in [-0.05, 0) is 18.2 Å². The second kappa shape index (κ2) is 3.20. The van der Waals surface area contributed by atoms with Crippen molar-refractivity contribution in [2.75, 3.05) is 10.6 Å². The summed E-state index contributed by atoms with van der Waals surface area (Å²) in [5, 5.41) is 5.91. The van der Waals surface area contributed by atoms with E-state index in [0.29, 0.717) is 5.69 Å². The number of halogens is 2. The molecule has 16 heavy (non-hydrogen) atoms. The van der Waals surface area contributed by atoms with Gasteiger partial charge in [0.25, 0.3) is 0 Å². The minimum absolute atomic E-state index is 0.278. The monoisotopic (exact) mass is 218 g/mol. The fraction of sp³-hybridized carbons (Fsp3) is 0. The molecule has 0 aliphatic carbocycles. The van der Waals surface area contributed by atoms with Gasteiger partial charge in [0, 0.05) is 6.07 Å². The van der Waals surface area contributed by atoms with Crippen molar-refractivity contribution in [3.05, 3.63) is 48.0 Å². The summed E-state index contributed by atoms with van der Waals surface area (Å²) in [5.74, 6) is -1.19. The summed E-state index contributed by atoms with van der Waals surface area (Å²) >= 11 is 0. The number of fused-ring (bicyclic) bond motifs is 2. The minimum Gasteiger partial charge on any atom is -0.352 e. The number of hydrogen-bond donors (Lipinski definition) is 2. The molecule has 0 saturated heterocycles. The van der Waals surface area contributed by atoms with E-state index in [0.717, 1.165) is 17.4 Å². The molecule has 0 unspecified atom stereocenters. The van der Waals surface area contributed by atoms with Crippen LogP contribution in [0.4, 0.5) is 31.5 Å². The van der Waals surface area contributed by atoms with Crippen LogP contribution < -0.4 is 10.6 Å². The van der Waals surface area contributed by atoms with Gasteiger partial charge in [-0.25, -0.2) is 8.78 Å². The molecule has 1 aliphatic heterocycles. The van der Waals surface area contributed by atoms with Crippen molar-refractivity contribution in [2.24, 2.45) is 0 Å². The quantitative estimate of drug-likeness (QED) is 0.600. The Morgan fingerprint density at radius 3 is 2.25 bits per heavy atom. The maximum atomic E-state index is 13.5. The van der Waals surface area contributed by atoms with Crippen molar-refractivity contribution in [2.45, 2.75) is 0 Å². The molecule has 2 nitrogen and oxygen atoms in total. The van der Waals surface area contributed by atoms with E-state index in [1.165, 1.54) is 6.07 Å². The van der Waals surface area contributed by atoms with Crippen LogP contribution in [0.1, 0.15) is 0 Å². The molecule has 1 heterocycles. The molecule has 0 spiro atoms. The van der Waals surface area contributed by atoms with Crippen LogP contribution in [0.15, 0.2) is 36.4 Å². The average Bonchev–Trinajstić information content (AvgIpc) is 2.27. The van der Waals surface area contributed by atoms with Crippen LogP contribution in [0, 0.1) is 11.6 Å². The lowest BCUT2D eigenvalue weighted by atomic mass is 10.1. The van der Waals surface area contributed by atoms with Crippen molar-refractivity contribution in [3.63, 3.8) is 0 Å². The summed E-state index contributed by atoms with van der Waals surface area (Å²) in [6.07, 6.45) is 0. The number of para-hydroxylation sites is 2. The second-order valence-electron chi connectivity index (χ2n) is 3.61. The fourth-order valence-corrected chi connectivity index (χ4v) is 1.78. The number of benzene rings is 2. The Labute approximate surface area is 90.9 Å². The van der Waals surface area contributed by atoms with Crippen LogP contribution in [0.2, 0.25) is 0 Å². The zero-order valence-electron chi connectivity index (χ0n) is 8.22. The molecule has 2 aromatic rings. The summed E-state index contributed by atoms with van der Waals surface area (Å²) in [5.41, 5.74) is 2.27. The highest BCUT2D eigenvalue weighted by Crippen LogP contribution is 2.39. The molecule has 0 saturated carbocycles. The van der Waals surface area contributed by atoms with Crippen LogP contribution in [0.3, 0.4) is 0 Å². The van der Waals surface area contributed by atoms with E-state index >= 15 is 0 Å². The first-order chi connectivity index (χ1) is 7.74. The Hall–Kier alpha value is -2.10. The maximum absolute atomic E-state index is 13.5. The van der Waals surface area contributed by atoms with E-state index in [1.54, 1.807) is 0 Å². The number of anilines is 4. The lowest BCUT2D eigenvalue weighted by Crippen LogP contribution is -2.08. The summed E-state index contributed by atoms with van der Waals surface area (Å²) in [6.45, 7) is 0. The summed E-state index contributed by atoms with van der Waals surface area (Å²) in [7, 11) is 0. The van der Waals surface area contributed by atoms with Gasteiger partial charge in [-0.3, -0.25) is 0 Å². The molecule has 2 aromatic carbocycles. The summed E-state index contributed by atoms with van der Waals surface area (Å²) in [4.78, 5) is 0. The highest BCUT2D eigenvalue weighted by atomic mass is 19.1. The Bertz CT molecular complexity index is 567. The van der Waals surface area contributed by atoms with Crippen LogP contribution in [-0.4, -0.2) is 0 Å². The smallest absolute Gasteiger partial charge is 0.151 e. The minimum atomic E-state index is -0.600. The molecule has 0 fully saturated rings. The molecule has 80 valence electrons. The summed E-state index contributed by atoms with van der Waals surface area (Å²) < 4.78 is 26.5. The molecule has 0 bridgehead atoms. The van der Waals surface area contributed by atoms with Crippen molar-refractivity contribution >= 4 is 22.7 Å². The third kappa shape index (κ3) is 1.31. The van der Waals surface area contributed by atoms with Crippen LogP contribution in [0.5, 0.6) is 0 Å². The fourth-order valence-electron chi connectivity index (χ4n) is 1.78. The first-order valence-corrected chi connectivity index (χ1v) is 4.86. The van der Waals surface area contributed by atoms with Crippen LogP contribution >= 0.6 is 0 Å². The predicted molar refractivity (Wildman–Crippen MR) is 59.4 cm³/mol. The first kappa shape index (κ1) is 9.15. The number of nitrogens with one attached hydrogen (secondary N) is 2. The largest absolute Gasteiger partial charge is 0.352 e. The number of hydrogen-bond acceptors (Lipinski definition) is 2. The molecular weight excluding hydrogens is 210 g/mol. The van der Waals surface area contributed by atoms with Gasteiger partial charge in [0.1, 0.15) is 5.82 Å². The van der Waals surface area contributed by atoms with Crippen LogP contribution in [-0.2, 0) is 0 Å². The van der Waals surface area contributed by atoms with Crippen molar-refractivity contribution < 1.29 is 8.78 Å². The van der Waals surface area contributed by atoms with E-state index in [-0.39, 0.29) is 5.69 Å². The van der Waals surface area contributed by atoms with Gasteiger partial charge >= 0.3 is 0 Å². The Balaban J connectivity index is 2.15. The van der Waals surface area contributed by atoms with Gasteiger partial charge in [0.05, 0.1) is 22.7 Å². The molecule has 0 radical (unpaired) electrons. The highest BCUT2D eigenvalue weighted by molar-refractivity contribution is 5.90. The third-order valence-corrected chi connectivity index (χ3v) is 2.51. The molecule has 0 atom stereocenters. The molecule has 4 heteroatoms. The van der Waals surface area contributed by atoms with E-state index in [9.17, 15) is 8.78 Å². The van der Waals surface area contributed by atoms with Gasteiger partial charge < -0.3 is 10.6 Å². The van der Waals surface area contributed by atoms with E-state index in [1.807, 2.05) is 24.3 Å². The van der Waals surface area contributed by atoms with Crippen molar-refractivity contribution in [1.82, 2.24) is 0 Å². The predicted octanol–water partition coefficient (Wildman–Crippen LogP) is 3.77. The molecular formula is C12H8F2N2. The number of rotatable bonds is 0. The first-order valence-electron chi connectivity index (χ1n) is 4.86. The van der Waals surface area contributed by atoms with Crippen molar-refractivity contribution in [3.8, 4) is 0 Å². The molecule has 2 N–H and O–H groups in total. The average molecular weight is 218 g/mol. The van der Waals surface area contributed by atoms with Gasteiger partial charge in [-0.1, -0.05) is 12.1 Å². The molecule has 0 aromatic heterocycles. The van der Waals surface area contributed by atoms with Gasteiger partial charge in [0.15, 0.2) is 5.82 Å². The lowest BCUT2D eigenvalue weighted by molar-refractivity contribution is 0.586. The molecule has 3 rings (SSSR count). The van der Waals surface area contributed by atoms with Crippen molar-refractivity contribution in [1.29, 1.82) is 0 Å². The second-order valence-corrected chi connectivity index (χ2v) is 3.61. The normalized spacial score (nSPS) is 12.1. The Morgan fingerprint density at radius 1 is 0.812 bits per heavy atom. The summed E-state index contributed by atoms with van der Waals surface area (Å²) in [6, 6.07) is 9.50. The van der Waals surface area contributed by atoms with Gasteiger partial charge in [0.2, 0.25) is 0 Å². The van der Waals surface area contributed by atoms with E-state index in [2.05, 4.69) is 10.6 Å². The van der Waals surface area contributed by atoms with Gasteiger partial charge in [-0.2, -0.15) is 0 Å².